The quantitative estimate of drug-likeness (QED) is 0.516. The van der Waals surface area contributed by atoms with E-state index in [0.29, 0.717) is 18.9 Å². The minimum Gasteiger partial charge on any atom is -0.494 e. The number of H-pyrrole nitrogens is 1. The van der Waals surface area contributed by atoms with Crippen molar-refractivity contribution in [1.29, 1.82) is 0 Å². The third-order valence-electron chi connectivity index (χ3n) is 3.85. The topological polar surface area (TPSA) is 88.2 Å². The van der Waals surface area contributed by atoms with E-state index in [1.165, 1.54) is 10.8 Å². The molecule has 0 aliphatic rings. The van der Waals surface area contributed by atoms with Crippen LogP contribution in [0.25, 0.3) is 0 Å². The average molecular weight is 369 g/mol. The van der Waals surface area contributed by atoms with Crippen molar-refractivity contribution in [1.82, 2.24) is 19.3 Å². The molecule has 2 N–H and O–H groups in total. The number of aromatic amines is 1. The van der Waals surface area contributed by atoms with Gasteiger partial charge in [-0.1, -0.05) is 37.3 Å². The first-order valence-electron chi connectivity index (χ1n) is 8.26. The molecule has 3 aromatic rings. The molecular formula is C18H19N5O2S. The van der Waals surface area contributed by atoms with Crippen LogP contribution in [0.3, 0.4) is 0 Å². The Bertz CT molecular complexity index is 1030. The van der Waals surface area contributed by atoms with Crippen LogP contribution in [0.15, 0.2) is 52.4 Å². The minimum absolute atomic E-state index is 0.0690. The van der Waals surface area contributed by atoms with Gasteiger partial charge in [-0.2, -0.15) is 5.10 Å². The van der Waals surface area contributed by atoms with Crippen molar-refractivity contribution in [3.8, 4) is 5.88 Å². The fourth-order valence-corrected chi connectivity index (χ4v) is 2.84. The molecule has 0 saturated heterocycles. The zero-order valence-corrected chi connectivity index (χ0v) is 15.1. The van der Waals surface area contributed by atoms with Gasteiger partial charge in [0.15, 0.2) is 10.6 Å². The molecule has 26 heavy (non-hydrogen) atoms. The van der Waals surface area contributed by atoms with E-state index in [4.69, 9.17) is 12.2 Å². The number of hydrogen-bond acceptors (Lipinski definition) is 5. The Morgan fingerprint density at radius 2 is 2.08 bits per heavy atom. The lowest BCUT2D eigenvalue weighted by molar-refractivity contribution is 0.402. The summed E-state index contributed by atoms with van der Waals surface area (Å²) in [5.41, 5.74) is 0.682. The Kier molecular flexibility index (Phi) is 5.43. The third-order valence-corrected chi connectivity index (χ3v) is 4.17. The molecule has 0 amide bonds. The standard InChI is InChI=1S/C18H19N5O2S/c1-2-10-22-17(25)14(16(24)21-18(22)26)11-19-15-8-9-20-23(15)12-13-6-4-3-5-7-13/h3-9,11,25H,2,10,12H2,1H3,(H,21,24,26). The number of aliphatic imine (C=N–C) groups is 1. The Hall–Kier alpha value is -3.00. The van der Waals surface area contributed by atoms with Crippen LogP contribution < -0.4 is 5.56 Å². The number of hydrogen-bond donors (Lipinski definition) is 2. The van der Waals surface area contributed by atoms with Crippen molar-refractivity contribution < 1.29 is 5.11 Å². The summed E-state index contributed by atoms with van der Waals surface area (Å²) in [4.78, 5) is 19.0. The molecular weight excluding hydrogens is 350 g/mol. The molecule has 0 spiro atoms. The van der Waals surface area contributed by atoms with Gasteiger partial charge in [0.1, 0.15) is 5.56 Å². The smallest absolute Gasteiger partial charge is 0.264 e. The second-order valence-corrected chi connectivity index (χ2v) is 6.13. The summed E-state index contributed by atoms with van der Waals surface area (Å²) in [5.74, 6) is 0.399. The van der Waals surface area contributed by atoms with Crippen LogP contribution in [0.1, 0.15) is 24.5 Å². The highest BCUT2D eigenvalue weighted by molar-refractivity contribution is 7.71. The minimum atomic E-state index is -0.474. The summed E-state index contributed by atoms with van der Waals surface area (Å²) in [5, 5.41) is 14.6. The molecule has 8 heteroatoms. The van der Waals surface area contributed by atoms with Crippen molar-refractivity contribution in [3.63, 3.8) is 0 Å². The lowest BCUT2D eigenvalue weighted by Crippen LogP contribution is -2.18. The molecule has 2 heterocycles. The van der Waals surface area contributed by atoms with Crippen molar-refractivity contribution in [2.45, 2.75) is 26.4 Å². The van der Waals surface area contributed by atoms with Crippen LogP contribution >= 0.6 is 12.2 Å². The van der Waals surface area contributed by atoms with Gasteiger partial charge in [0.25, 0.3) is 5.56 Å². The van der Waals surface area contributed by atoms with Gasteiger partial charge in [0.05, 0.1) is 12.7 Å². The van der Waals surface area contributed by atoms with E-state index in [1.54, 1.807) is 16.9 Å². The molecule has 2 aromatic heterocycles. The molecule has 0 radical (unpaired) electrons. The highest BCUT2D eigenvalue weighted by Gasteiger charge is 2.11. The fraction of sp³-hybridized carbons (Fsp3) is 0.222. The molecule has 1 aromatic carbocycles. The monoisotopic (exact) mass is 369 g/mol. The van der Waals surface area contributed by atoms with Crippen molar-refractivity contribution in [2.24, 2.45) is 4.99 Å². The van der Waals surface area contributed by atoms with Crippen molar-refractivity contribution >= 4 is 24.3 Å². The third kappa shape index (κ3) is 3.80. The lowest BCUT2D eigenvalue weighted by atomic mass is 10.2. The summed E-state index contributed by atoms with van der Waals surface area (Å²) in [6.45, 7) is 3.03. The van der Waals surface area contributed by atoms with E-state index in [2.05, 4.69) is 15.1 Å². The Balaban J connectivity index is 1.92. The molecule has 0 atom stereocenters. The first-order valence-corrected chi connectivity index (χ1v) is 8.67. The SMILES string of the molecule is CCCn1c(O)c(C=Nc2ccnn2Cc2ccccc2)c(=O)[nH]c1=S. The van der Waals surface area contributed by atoms with E-state index in [0.717, 1.165) is 12.0 Å². The van der Waals surface area contributed by atoms with Crippen LogP contribution in [-0.2, 0) is 13.1 Å². The van der Waals surface area contributed by atoms with Crippen LogP contribution in [0.4, 0.5) is 5.82 Å². The number of rotatable bonds is 6. The summed E-state index contributed by atoms with van der Waals surface area (Å²) in [6.07, 6.45) is 3.76. The highest BCUT2D eigenvalue weighted by Crippen LogP contribution is 2.16. The number of aromatic nitrogens is 4. The Morgan fingerprint density at radius 3 is 2.81 bits per heavy atom. The normalized spacial score (nSPS) is 11.3. The molecule has 0 unspecified atom stereocenters. The summed E-state index contributed by atoms with van der Waals surface area (Å²) < 4.78 is 3.40. The van der Waals surface area contributed by atoms with Gasteiger partial charge in [-0.05, 0) is 24.2 Å². The van der Waals surface area contributed by atoms with Gasteiger partial charge in [-0.15, -0.1) is 0 Å². The Labute approximate surface area is 155 Å². The van der Waals surface area contributed by atoms with Crippen LogP contribution in [0.5, 0.6) is 5.88 Å². The molecule has 0 bridgehead atoms. The van der Waals surface area contributed by atoms with Gasteiger partial charge < -0.3 is 5.11 Å². The molecule has 0 fully saturated rings. The van der Waals surface area contributed by atoms with E-state index in [9.17, 15) is 9.90 Å². The van der Waals surface area contributed by atoms with Gasteiger partial charge in [0.2, 0.25) is 5.88 Å². The molecule has 7 nitrogen and oxygen atoms in total. The van der Waals surface area contributed by atoms with Gasteiger partial charge >= 0.3 is 0 Å². The van der Waals surface area contributed by atoms with Crippen molar-refractivity contribution in [2.75, 3.05) is 0 Å². The number of aromatic hydroxyl groups is 1. The first kappa shape index (κ1) is 17.8. The number of nitrogens with zero attached hydrogens (tertiary/aromatic N) is 4. The molecule has 0 aliphatic heterocycles. The zero-order valence-electron chi connectivity index (χ0n) is 14.3. The molecule has 134 valence electrons. The average Bonchev–Trinajstić information content (AvgIpc) is 3.06. The lowest BCUT2D eigenvalue weighted by Gasteiger charge is -2.09. The summed E-state index contributed by atoms with van der Waals surface area (Å²) in [7, 11) is 0. The molecule has 3 rings (SSSR count). The fourth-order valence-electron chi connectivity index (χ4n) is 2.57. The number of benzene rings is 1. The van der Waals surface area contributed by atoms with Gasteiger partial charge in [-0.3, -0.25) is 14.3 Å². The Morgan fingerprint density at radius 1 is 1.31 bits per heavy atom. The van der Waals surface area contributed by atoms with Crippen molar-refractivity contribution in [3.05, 3.63) is 68.8 Å². The first-order chi connectivity index (χ1) is 12.6. The summed E-state index contributed by atoms with van der Waals surface area (Å²) >= 11 is 5.10. The predicted octanol–water partition coefficient (Wildman–Crippen LogP) is 3.02. The summed E-state index contributed by atoms with van der Waals surface area (Å²) in [6, 6.07) is 11.6. The van der Waals surface area contributed by atoms with E-state index < -0.39 is 5.56 Å². The van der Waals surface area contributed by atoms with E-state index in [1.807, 2.05) is 37.3 Å². The molecule has 0 saturated carbocycles. The number of nitrogens with one attached hydrogen (secondary N) is 1. The molecule has 0 aliphatic carbocycles. The maximum absolute atomic E-state index is 12.1. The second kappa shape index (κ2) is 7.92. The maximum Gasteiger partial charge on any atom is 0.264 e. The zero-order chi connectivity index (χ0) is 18.5. The van der Waals surface area contributed by atoms with E-state index in [-0.39, 0.29) is 16.2 Å². The highest BCUT2D eigenvalue weighted by atomic mass is 32.1. The van der Waals surface area contributed by atoms with Gasteiger partial charge in [0, 0.05) is 18.8 Å². The van der Waals surface area contributed by atoms with E-state index >= 15 is 0 Å². The predicted molar refractivity (Wildman–Crippen MR) is 103 cm³/mol. The van der Waals surface area contributed by atoms with Crippen LogP contribution in [-0.4, -0.2) is 30.7 Å². The van der Waals surface area contributed by atoms with Crippen LogP contribution in [0.2, 0.25) is 0 Å². The maximum atomic E-state index is 12.1. The second-order valence-electron chi connectivity index (χ2n) is 5.74. The van der Waals surface area contributed by atoms with Crippen LogP contribution in [0, 0.1) is 4.77 Å². The van der Waals surface area contributed by atoms with Gasteiger partial charge in [-0.25, -0.2) is 9.67 Å². The largest absolute Gasteiger partial charge is 0.494 e.